The van der Waals surface area contributed by atoms with Crippen LogP contribution in [0.15, 0.2) is 24.3 Å². The van der Waals surface area contributed by atoms with Crippen molar-refractivity contribution >= 4 is 34.8 Å². The van der Waals surface area contributed by atoms with Crippen molar-refractivity contribution in [3.05, 3.63) is 45.7 Å². The Kier molecular flexibility index (Phi) is 4.12. The van der Waals surface area contributed by atoms with Crippen molar-refractivity contribution in [2.45, 2.75) is 20.4 Å². The van der Waals surface area contributed by atoms with Gasteiger partial charge in [0.05, 0.1) is 21.4 Å². The van der Waals surface area contributed by atoms with Crippen molar-refractivity contribution in [1.29, 1.82) is 0 Å². The molecule has 0 atom stereocenters. The Labute approximate surface area is 121 Å². The fourth-order valence-electron chi connectivity index (χ4n) is 1.76. The highest BCUT2D eigenvalue weighted by atomic mass is 35.5. The zero-order chi connectivity index (χ0) is 14.0. The van der Waals surface area contributed by atoms with Gasteiger partial charge in [0, 0.05) is 5.69 Å². The number of nitrogens with one attached hydrogen (secondary N) is 1. The molecule has 0 aliphatic rings. The molecule has 2 rings (SSSR count). The molecule has 0 radical (unpaired) electrons. The number of nitrogens with zero attached hydrogens (tertiary/aromatic N) is 2. The van der Waals surface area contributed by atoms with Crippen LogP contribution in [-0.2, 0) is 11.3 Å². The zero-order valence-electron chi connectivity index (χ0n) is 10.6. The summed E-state index contributed by atoms with van der Waals surface area (Å²) in [6.45, 7) is 3.93. The number of aryl methyl sites for hydroxylation is 2. The SMILES string of the molecule is Cc1cc(C)n(CC(=O)Nc2cccc(Cl)c2Cl)n1. The van der Waals surface area contributed by atoms with Crippen LogP contribution >= 0.6 is 23.2 Å². The van der Waals surface area contributed by atoms with E-state index in [-0.39, 0.29) is 12.5 Å². The average Bonchev–Trinajstić information content (AvgIpc) is 2.64. The first-order valence-corrected chi connectivity index (χ1v) is 6.48. The van der Waals surface area contributed by atoms with Crippen LogP contribution in [0, 0.1) is 13.8 Å². The number of halogens is 2. The number of rotatable bonds is 3. The quantitative estimate of drug-likeness (QED) is 0.943. The lowest BCUT2D eigenvalue weighted by Crippen LogP contribution is -2.20. The van der Waals surface area contributed by atoms with Crippen LogP contribution in [0.4, 0.5) is 5.69 Å². The van der Waals surface area contributed by atoms with Gasteiger partial charge in [0.2, 0.25) is 5.91 Å². The lowest BCUT2D eigenvalue weighted by atomic mass is 10.3. The first-order valence-electron chi connectivity index (χ1n) is 5.72. The van der Waals surface area contributed by atoms with Gasteiger partial charge >= 0.3 is 0 Å². The molecule has 0 saturated heterocycles. The summed E-state index contributed by atoms with van der Waals surface area (Å²) in [4.78, 5) is 11.9. The number of amides is 1. The summed E-state index contributed by atoms with van der Waals surface area (Å²) >= 11 is 11.9. The average molecular weight is 298 g/mol. The highest BCUT2D eigenvalue weighted by Gasteiger charge is 2.10. The minimum absolute atomic E-state index is 0.141. The van der Waals surface area contributed by atoms with Crippen LogP contribution in [-0.4, -0.2) is 15.7 Å². The van der Waals surface area contributed by atoms with Gasteiger partial charge in [0.25, 0.3) is 0 Å². The van der Waals surface area contributed by atoms with E-state index >= 15 is 0 Å². The minimum Gasteiger partial charge on any atom is -0.323 e. The van der Waals surface area contributed by atoms with Crippen molar-refractivity contribution in [2.75, 3.05) is 5.32 Å². The maximum atomic E-state index is 11.9. The van der Waals surface area contributed by atoms with E-state index < -0.39 is 0 Å². The molecule has 100 valence electrons. The fourth-order valence-corrected chi connectivity index (χ4v) is 2.11. The molecule has 0 spiro atoms. The molecule has 19 heavy (non-hydrogen) atoms. The predicted molar refractivity (Wildman–Crippen MR) is 76.8 cm³/mol. The first kappa shape index (κ1) is 13.9. The molecular weight excluding hydrogens is 285 g/mol. The van der Waals surface area contributed by atoms with E-state index in [1.54, 1.807) is 22.9 Å². The third kappa shape index (κ3) is 3.28. The number of anilines is 1. The van der Waals surface area contributed by atoms with Crippen molar-refractivity contribution in [3.8, 4) is 0 Å². The maximum absolute atomic E-state index is 11.9. The number of carbonyl (C=O) groups is 1. The van der Waals surface area contributed by atoms with Crippen LogP contribution in [0.5, 0.6) is 0 Å². The molecule has 0 bridgehead atoms. The monoisotopic (exact) mass is 297 g/mol. The Morgan fingerprint density at radius 2 is 2.11 bits per heavy atom. The highest BCUT2D eigenvalue weighted by Crippen LogP contribution is 2.29. The van der Waals surface area contributed by atoms with Crippen LogP contribution in [0.3, 0.4) is 0 Å². The van der Waals surface area contributed by atoms with E-state index in [4.69, 9.17) is 23.2 Å². The third-order valence-corrected chi connectivity index (χ3v) is 3.44. The van der Waals surface area contributed by atoms with Crippen molar-refractivity contribution in [1.82, 2.24) is 9.78 Å². The molecular formula is C13H13Cl2N3O. The van der Waals surface area contributed by atoms with Gasteiger partial charge in [-0.25, -0.2) is 0 Å². The zero-order valence-corrected chi connectivity index (χ0v) is 12.1. The van der Waals surface area contributed by atoms with Crippen LogP contribution in [0.2, 0.25) is 10.0 Å². The van der Waals surface area contributed by atoms with Crippen LogP contribution < -0.4 is 5.32 Å². The van der Waals surface area contributed by atoms with E-state index in [1.807, 2.05) is 19.9 Å². The molecule has 1 aromatic heterocycles. The summed E-state index contributed by atoms with van der Waals surface area (Å²) in [6, 6.07) is 7.01. The van der Waals surface area contributed by atoms with Gasteiger partial charge in [0.1, 0.15) is 6.54 Å². The van der Waals surface area contributed by atoms with E-state index in [1.165, 1.54) is 0 Å². The molecule has 6 heteroatoms. The number of hydrogen-bond donors (Lipinski definition) is 1. The van der Waals surface area contributed by atoms with Gasteiger partial charge in [-0.1, -0.05) is 29.3 Å². The molecule has 1 heterocycles. The lowest BCUT2D eigenvalue weighted by Gasteiger charge is -2.09. The summed E-state index contributed by atoms with van der Waals surface area (Å²) in [5.41, 5.74) is 2.32. The molecule has 1 N–H and O–H groups in total. The third-order valence-electron chi connectivity index (χ3n) is 2.62. The Hall–Kier alpha value is -1.52. The van der Waals surface area contributed by atoms with E-state index in [0.29, 0.717) is 15.7 Å². The van der Waals surface area contributed by atoms with Crippen LogP contribution in [0.25, 0.3) is 0 Å². The first-order chi connectivity index (χ1) is 8.97. The van der Waals surface area contributed by atoms with Gasteiger partial charge in [-0.3, -0.25) is 9.48 Å². The molecule has 0 unspecified atom stereocenters. The lowest BCUT2D eigenvalue weighted by molar-refractivity contribution is -0.116. The summed E-state index contributed by atoms with van der Waals surface area (Å²) in [6.07, 6.45) is 0. The van der Waals surface area contributed by atoms with Crippen molar-refractivity contribution in [3.63, 3.8) is 0 Å². The summed E-state index contributed by atoms with van der Waals surface area (Å²) in [5.74, 6) is -0.199. The Balaban J connectivity index is 2.10. The largest absolute Gasteiger partial charge is 0.323 e. The fraction of sp³-hybridized carbons (Fsp3) is 0.231. The normalized spacial score (nSPS) is 10.5. The Bertz CT molecular complexity index is 622. The molecule has 1 aromatic carbocycles. The summed E-state index contributed by atoms with van der Waals surface area (Å²) in [7, 11) is 0. The molecule has 0 aliphatic carbocycles. The standard InChI is InChI=1S/C13H13Cl2N3O/c1-8-6-9(2)18(17-8)7-12(19)16-11-5-3-4-10(14)13(11)15/h3-6H,7H2,1-2H3,(H,16,19). The summed E-state index contributed by atoms with van der Waals surface area (Å²) in [5, 5.41) is 7.70. The number of carbonyl (C=O) groups excluding carboxylic acids is 1. The predicted octanol–water partition coefficient (Wildman–Crippen LogP) is 3.45. The van der Waals surface area contributed by atoms with Gasteiger partial charge in [-0.2, -0.15) is 5.10 Å². The van der Waals surface area contributed by atoms with Gasteiger partial charge in [-0.05, 0) is 32.0 Å². The van der Waals surface area contributed by atoms with E-state index in [9.17, 15) is 4.79 Å². The second-order valence-corrected chi connectivity index (χ2v) is 5.02. The molecule has 1 amide bonds. The van der Waals surface area contributed by atoms with E-state index in [2.05, 4.69) is 10.4 Å². The van der Waals surface area contributed by atoms with Gasteiger partial charge < -0.3 is 5.32 Å². The molecule has 0 fully saturated rings. The molecule has 0 aliphatic heterocycles. The number of hydrogen-bond acceptors (Lipinski definition) is 2. The minimum atomic E-state index is -0.199. The van der Waals surface area contributed by atoms with Gasteiger partial charge in [0.15, 0.2) is 0 Å². The Morgan fingerprint density at radius 1 is 1.37 bits per heavy atom. The second-order valence-electron chi connectivity index (χ2n) is 4.23. The highest BCUT2D eigenvalue weighted by molar-refractivity contribution is 6.43. The maximum Gasteiger partial charge on any atom is 0.246 e. The smallest absolute Gasteiger partial charge is 0.246 e. The van der Waals surface area contributed by atoms with Crippen molar-refractivity contribution < 1.29 is 4.79 Å². The van der Waals surface area contributed by atoms with Gasteiger partial charge in [-0.15, -0.1) is 0 Å². The molecule has 2 aromatic rings. The molecule has 0 saturated carbocycles. The summed E-state index contributed by atoms with van der Waals surface area (Å²) < 4.78 is 1.64. The molecule has 4 nitrogen and oxygen atoms in total. The van der Waals surface area contributed by atoms with Crippen molar-refractivity contribution in [2.24, 2.45) is 0 Å². The van der Waals surface area contributed by atoms with Crippen LogP contribution in [0.1, 0.15) is 11.4 Å². The number of benzene rings is 1. The number of aromatic nitrogens is 2. The Morgan fingerprint density at radius 3 is 2.74 bits per heavy atom. The second kappa shape index (κ2) is 5.63. The van der Waals surface area contributed by atoms with E-state index in [0.717, 1.165) is 11.4 Å². The topological polar surface area (TPSA) is 46.9 Å².